The molecule has 0 aromatic heterocycles. The summed E-state index contributed by atoms with van der Waals surface area (Å²) in [6.45, 7) is 2.86. The zero-order valence-corrected chi connectivity index (χ0v) is 15.4. The summed E-state index contributed by atoms with van der Waals surface area (Å²) in [4.78, 5) is 14.8. The van der Waals surface area contributed by atoms with Crippen LogP contribution in [0.15, 0.2) is 91.0 Å². The molecule has 1 heterocycles. The van der Waals surface area contributed by atoms with Gasteiger partial charge in [-0.05, 0) is 30.2 Å². The molecule has 27 heavy (non-hydrogen) atoms. The smallest absolute Gasteiger partial charge is 0.338 e. The van der Waals surface area contributed by atoms with Crippen molar-refractivity contribution in [2.75, 3.05) is 6.54 Å². The summed E-state index contributed by atoms with van der Waals surface area (Å²) >= 11 is 0. The number of ether oxygens (including phenoxy) is 1. The largest absolute Gasteiger partial charge is 0.456 e. The fourth-order valence-electron chi connectivity index (χ4n) is 3.70. The van der Waals surface area contributed by atoms with E-state index in [1.165, 1.54) is 11.1 Å². The molecule has 0 saturated carbocycles. The maximum Gasteiger partial charge on any atom is 0.338 e. The molecule has 0 bridgehead atoms. The summed E-state index contributed by atoms with van der Waals surface area (Å²) < 4.78 is 5.76. The quantitative estimate of drug-likeness (QED) is 0.620. The van der Waals surface area contributed by atoms with Crippen molar-refractivity contribution in [1.82, 2.24) is 4.90 Å². The second-order valence-electron chi connectivity index (χ2n) is 6.97. The van der Waals surface area contributed by atoms with E-state index in [1.54, 1.807) is 12.1 Å². The predicted molar refractivity (Wildman–Crippen MR) is 107 cm³/mol. The van der Waals surface area contributed by atoms with Crippen molar-refractivity contribution in [3.05, 3.63) is 108 Å². The second-order valence-corrected chi connectivity index (χ2v) is 6.97. The fourth-order valence-corrected chi connectivity index (χ4v) is 3.70. The number of benzene rings is 3. The second kappa shape index (κ2) is 7.77. The number of nitrogens with zero attached hydrogens (tertiary/aromatic N) is 1. The first kappa shape index (κ1) is 17.5. The molecule has 3 heteroatoms. The number of esters is 1. The molecule has 2 atom stereocenters. The normalized spacial score (nSPS) is 19.5. The molecule has 136 valence electrons. The average molecular weight is 357 g/mol. The fraction of sp³-hybridized carbons (Fsp3) is 0.208. The summed E-state index contributed by atoms with van der Waals surface area (Å²) in [7, 11) is 0. The molecule has 0 amide bonds. The van der Waals surface area contributed by atoms with Gasteiger partial charge in [0, 0.05) is 12.6 Å². The number of rotatable bonds is 5. The minimum atomic E-state index is -0.247. The molecule has 1 aliphatic heterocycles. The highest BCUT2D eigenvalue weighted by Crippen LogP contribution is 2.37. The van der Waals surface area contributed by atoms with Crippen LogP contribution in [0.2, 0.25) is 0 Å². The van der Waals surface area contributed by atoms with Crippen LogP contribution in [0.5, 0.6) is 0 Å². The Balaban J connectivity index is 1.51. The molecule has 0 N–H and O–H groups in total. The van der Waals surface area contributed by atoms with E-state index in [-0.39, 0.29) is 24.2 Å². The van der Waals surface area contributed by atoms with Gasteiger partial charge in [0.05, 0.1) is 11.6 Å². The Labute approximate surface area is 160 Å². The molecular weight excluding hydrogens is 334 g/mol. The lowest BCUT2D eigenvalue weighted by Gasteiger charge is -2.49. The zero-order chi connectivity index (χ0) is 18.6. The van der Waals surface area contributed by atoms with Gasteiger partial charge in [0.1, 0.15) is 6.10 Å². The van der Waals surface area contributed by atoms with E-state index in [9.17, 15) is 4.79 Å². The number of hydrogen-bond acceptors (Lipinski definition) is 3. The standard InChI is InChI=1S/C24H23NO2/c1-18-22(27-24(26)21-15-9-4-10-16-21)17-25(18)23(19-11-5-2-6-12-19)20-13-7-3-8-14-20/h2-16,18,22-23H,17H2,1H3. The highest BCUT2D eigenvalue weighted by Gasteiger charge is 2.43. The Morgan fingerprint density at radius 1 is 0.852 bits per heavy atom. The Morgan fingerprint density at radius 2 is 1.33 bits per heavy atom. The molecule has 0 aliphatic carbocycles. The molecule has 3 aromatic rings. The van der Waals surface area contributed by atoms with Gasteiger partial charge in [-0.15, -0.1) is 0 Å². The molecule has 3 aromatic carbocycles. The number of carbonyl (C=O) groups is 1. The first-order valence-electron chi connectivity index (χ1n) is 9.35. The van der Waals surface area contributed by atoms with Crippen LogP contribution in [-0.4, -0.2) is 29.6 Å². The summed E-state index contributed by atoms with van der Waals surface area (Å²) in [6, 6.07) is 30.5. The van der Waals surface area contributed by atoms with E-state index in [0.29, 0.717) is 5.56 Å². The van der Waals surface area contributed by atoms with Crippen molar-refractivity contribution in [3.63, 3.8) is 0 Å². The van der Waals surface area contributed by atoms with Crippen LogP contribution in [0.1, 0.15) is 34.5 Å². The van der Waals surface area contributed by atoms with Gasteiger partial charge >= 0.3 is 5.97 Å². The molecule has 1 fully saturated rings. The Hall–Kier alpha value is -2.91. The van der Waals surface area contributed by atoms with Gasteiger partial charge in [-0.2, -0.15) is 0 Å². The molecule has 3 nitrogen and oxygen atoms in total. The highest BCUT2D eigenvalue weighted by atomic mass is 16.5. The van der Waals surface area contributed by atoms with Crippen LogP contribution in [0.3, 0.4) is 0 Å². The molecule has 0 spiro atoms. The van der Waals surface area contributed by atoms with Crippen LogP contribution in [-0.2, 0) is 4.74 Å². The van der Waals surface area contributed by atoms with E-state index in [1.807, 2.05) is 30.3 Å². The number of hydrogen-bond donors (Lipinski definition) is 0. The van der Waals surface area contributed by atoms with Crippen LogP contribution < -0.4 is 0 Å². The van der Waals surface area contributed by atoms with Crippen LogP contribution in [0.25, 0.3) is 0 Å². The Morgan fingerprint density at radius 3 is 1.81 bits per heavy atom. The summed E-state index contributed by atoms with van der Waals surface area (Å²) in [5.74, 6) is -0.247. The van der Waals surface area contributed by atoms with Crippen molar-refractivity contribution in [1.29, 1.82) is 0 Å². The van der Waals surface area contributed by atoms with Crippen molar-refractivity contribution >= 4 is 5.97 Å². The minimum Gasteiger partial charge on any atom is -0.456 e. The van der Waals surface area contributed by atoms with Crippen LogP contribution >= 0.6 is 0 Å². The van der Waals surface area contributed by atoms with Crippen molar-refractivity contribution < 1.29 is 9.53 Å². The lowest BCUT2D eigenvalue weighted by Crippen LogP contribution is -2.61. The first-order chi connectivity index (χ1) is 13.2. The number of likely N-dealkylation sites (tertiary alicyclic amines) is 1. The van der Waals surface area contributed by atoms with Crippen molar-refractivity contribution in [3.8, 4) is 0 Å². The highest BCUT2D eigenvalue weighted by molar-refractivity contribution is 5.89. The van der Waals surface area contributed by atoms with Crippen molar-refractivity contribution in [2.24, 2.45) is 0 Å². The molecule has 4 rings (SSSR count). The third-order valence-corrected chi connectivity index (χ3v) is 5.28. The monoisotopic (exact) mass is 357 g/mol. The van der Waals surface area contributed by atoms with Gasteiger partial charge < -0.3 is 4.74 Å². The maximum atomic E-state index is 12.4. The summed E-state index contributed by atoms with van der Waals surface area (Å²) in [5, 5.41) is 0. The van der Waals surface area contributed by atoms with E-state index < -0.39 is 0 Å². The molecule has 1 aliphatic rings. The van der Waals surface area contributed by atoms with Gasteiger partial charge in [-0.3, -0.25) is 4.90 Å². The van der Waals surface area contributed by atoms with Gasteiger partial charge in [-0.1, -0.05) is 78.9 Å². The SMILES string of the molecule is CC1C(OC(=O)c2ccccc2)CN1C(c1ccccc1)c1ccccc1. The third-order valence-electron chi connectivity index (χ3n) is 5.28. The molecule has 1 saturated heterocycles. The average Bonchev–Trinajstić information content (AvgIpc) is 2.74. The lowest BCUT2D eigenvalue weighted by molar-refractivity contribution is -0.0827. The number of carbonyl (C=O) groups excluding carboxylic acids is 1. The maximum absolute atomic E-state index is 12.4. The predicted octanol–water partition coefficient (Wildman–Crippen LogP) is 4.71. The summed E-state index contributed by atoms with van der Waals surface area (Å²) in [6.07, 6.45) is -0.0902. The zero-order valence-electron chi connectivity index (χ0n) is 15.4. The van der Waals surface area contributed by atoms with Gasteiger partial charge in [0.15, 0.2) is 0 Å². The van der Waals surface area contributed by atoms with Crippen LogP contribution in [0.4, 0.5) is 0 Å². The van der Waals surface area contributed by atoms with E-state index in [0.717, 1.165) is 6.54 Å². The van der Waals surface area contributed by atoms with Gasteiger partial charge in [0.25, 0.3) is 0 Å². The molecule has 0 radical (unpaired) electrons. The van der Waals surface area contributed by atoms with Crippen molar-refractivity contribution in [2.45, 2.75) is 25.1 Å². The topological polar surface area (TPSA) is 29.5 Å². The summed E-state index contributed by atoms with van der Waals surface area (Å²) in [5.41, 5.74) is 3.11. The van der Waals surface area contributed by atoms with E-state index in [4.69, 9.17) is 4.74 Å². The molecular formula is C24H23NO2. The Bertz CT molecular complexity index is 841. The van der Waals surface area contributed by atoms with Gasteiger partial charge in [-0.25, -0.2) is 4.79 Å². The molecule has 2 unspecified atom stereocenters. The third kappa shape index (κ3) is 3.64. The van der Waals surface area contributed by atoms with E-state index >= 15 is 0 Å². The minimum absolute atomic E-state index is 0.0902. The Kier molecular flexibility index (Phi) is 5.03. The lowest BCUT2D eigenvalue weighted by atomic mass is 9.89. The van der Waals surface area contributed by atoms with Gasteiger partial charge in [0.2, 0.25) is 0 Å². The van der Waals surface area contributed by atoms with E-state index in [2.05, 4.69) is 60.4 Å². The van der Waals surface area contributed by atoms with Crippen LogP contribution in [0, 0.1) is 0 Å². The first-order valence-corrected chi connectivity index (χ1v) is 9.35.